The van der Waals surface area contributed by atoms with Crippen LogP contribution in [0.3, 0.4) is 0 Å². The Kier molecular flexibility index (Phi) is 10.4. The second kappa shape index (κ2) is 12.5. The van der Waals surface area contributed by atoms with E-state index in [2.05, 4.69) is 34.0 Å². The predicted octanol–water partition coefficient (Wildman–Crippen LogP) is 2.99. The highest BCUT2D eigenvalue weighted by Crippen LogP contribution is 2.21. The molecule has 0 bridgehead atoms. The van der Waals surface area contributed by atoms with E-state index in [0.29, 0.717) is 18.8 Å². The fourth-order valence-electron chi connectivity index (χ4n) is 4.64. The molecule has 0 aromatic carbocycles. The molecule has 2 aliphatic heterocycles. The number of likely N-dealkylation sites (tertiary alicyclic amines) is 1. The minimum Gasteiger partial charge on any atom is -0.459 e. The van der Waals surface area contributed by atoms with Gasteiger partial charge in [0.2, 0.25) is 0 Å². The molecule has 2 aliphatic rings. The summed E-state index contributed by atoms with van der Waals surface area (Å²) in [7, 11) is 1.83. The summed E-state index contributed by atoms with van der Waals surface area (Å²) >= 11 is 0. The zero-order valence-corrected chi connectivity index (χ0v) is 21.0. The Balaban J connectivity index is 0.00000320. The van der Waals surface area contributed by atoms with Gasteiger partial charge in [-0.25, -0.2) is 0 Å². The Morgan fingerprint density at radius 2 is 1.80 bits per heavy atom. The van der Waals surface area contributed by atoms with Crippen molar-refractivity contribution in [3.63, 3.8) is 0 Å². The van der Waals surface area contributed by atoms with Crippen molar-refractivity contribution >= 4 is 35.8 Å². The first kappa shape index (κ1) is 25.0. The number of piperidine rings is 1. The highest BCUT2D eigenvalue weighted by molar-refractivity contribution is 14.0. The van der Waals surface area contributed by atoms with Crippen molar-refractivity contribution in [2.75, 3.05) is 59.4 Å². The SMILES string of the molecule is CN=C(NCCCCN1CC(C)CC(C)C1)N1CCN(C(=O)c2ccco2)CC1.I. The van der Waals surface area contributed by atoms with E-state index >= 15 is 0 Å². The number of amides is 1. The van der Waals surface area contributed by atoms with Gasteiger partial charge in [-0.2, -0.15) is 0 Å². The van der Waals surface area contributed by atoms with Crippen LogP contribution in [0.15, 0.2) is 27.8 Å². The number of piperazine rings is 1. The second-order valence-electron chi connectivity index (χ2n) is 8.64. The number of carbonyl (C=O) groups excluding carboxylic acids is 1. The van der Waals surface area contributed by atoms with Crippen LogP contribution in [0.4, 0.5) is 0 Å². The van der Waals surface area contributed by atoms with Crippen LogP contribution in [-0.2, 0) is 0 Å². The molecule has 0 saturated carbocycles. The number of hydrogen-bond acceptors (Lipinski definition) is 4. The van der Waals surface area contributed by atoms with Crippen LogP contribution in [0.2, 0.25) is 0 Å². The van der Waals surface area contributed by atoms with E-state index in [4.69, 9.17) is 4.42 Å². The fraction of sp³-hybridized carbons (Fsp3) is 0.727. The van der Waals surface area contributed by atoms with Crippen LogP contribution in [0.5, 0.6) is 0 Å². The first-order valence-corrected chi connectivity index (χ1v) is 11.1. The molecule has 0 spiro atoms. The van der Waals surface area contributed by atoms with Crippen molar-refractivity contribution in [1.82, 2.24) is 20.0 Å². The normalized spacial score (nSPS) is 23.2. The number of halogens is 1. The maximum atomic E-state index is 12.4. The third kappa shape index (κ3) is 7.14. The van der Waals surface area contributed by atoms with E-state index in [0.717, 1.165) is 43.9 Å². The Hall–Kier alpha value is -1.29. The monoisotopic (exact) mass is 531 g/mol. The molecule has 170 valence electrons. The largest absolute Gasteiger partial charge is 0.459 e. The van der Waals surface area contributed by atoms with Crippen LogP contribution >= 0.6 is 24.0 Å². The molecule has 30 heavy (non-hydrogen) atoms. The summed E-state index contributed by atoms with van der Waals surface area (Å²) in [5, 5.41) is 3.50. The van der Waals surface area contributed by atoms with Crippen molar-refractivity contribution in [3.05, 3.63) is 24.2 Å². The zero-order chi connectivity index (χ0) is 20.6. The number of furan rings is 1. The summed E-state index contributed by atoms with van der Waals surface area (Å²) in [5.41, 5.74) is 0. The maximum absolute atomic E-state index is 12.4. The number of nitrogens with one attached hydrogen (secondary N) is 1. The molecule has 2 fully saturated rings. The van der Waals surface area contributed by atoms with Gasteiger partial charge in [0.25, 0.3) is 5.91 Å². The summed E-state index contributed by atoms with van der Waals surface area (Å²) in [6.07, 6.45) is 5.28. The molecule has 1 aromatic heterocycles. The minimum atomic E-state index is -0.0288. The van der Waals surface area contributed by atoms with Crippen LogP contribution in [-0.4, -0.2) is 86.0 Å². The van der Waals surface area contributed by atoms with Gasteiger partial charge in [-0.1, -0.05) is 13.8 Å². The van der Waals surface area contributed by atoms with Crippen molar-refractivity contribution in [2.45, 2.75) is 33.1 Å². The van der Waals surface area contributed by atoms with Crippen LogP contribution < -0.4 is 5.32 Å². The number of aliphatic imine (C=N–C) groups is 1. The van der Waals surface area contributed by atoms with E-state index in [-0.39, 0.29) is 29.9 Å². The molecule has 1 aromatic rings. The Bertz CT molecular complexity index is 648. The van der Waals surface area contributed by atoms with Crippen molar-refractivity contribution in [3.8, 4) is 0 Å². The molecule has 3 heterocycles. The summed E-state index contributed by atoms with van der Waals surface area (Å²) in [6.45, 7) is 12.3. The van der Waals surface area contributed by atoms with Crippen molar-refractivity contribution < 1.29 is 9.21 Å². The highest BCUT2D eigenvalue weighted by Gasteiger charge is 2.25. The van der Waals surface area contributed by atoms with Gasteiger partial charge in [0.1, 0.15) is 0 Å². The Morgan fingerprint density at radius 3 is 2.40 bits per heavy atom. The third-order valence-electron chi connectivity index (χ3n) is 5.94. The quantitative estimate of drug-likeness (QED) is 0.265. The predicted molar refractivity (Wildman–Crippen MR) is 132 cm³/mol. The lowest BCUT2D eigenvalue weighted by atomic mass is 9.92. The number of unbranched alkanes of at least 4 members (excludes halogenated alkanes) is 1. The third-order valence-corrected chi connectivity index (χ3v) is 5.94. The molecule has 2 unspecified atom stereocenters. The lowest BCUT2D eigenvalue weighted by Crippen LogP contribution is -2.53. The summed E-state index contributed by atoms with van der Waals surface area (Å²) in [6, 6.07) is 3.47. The molecule has 2 saturated heterocycles. The molecule has 0 aliphatic carbocycles. The van der Waals surface area contributed by atoms with Crippen molar-refractivity contribution in [1.29, 1.82) is 0 Å². The van der Waals surface area contributed by atoms with E-state index in [1.54, 1.807) is 18.4 Å². The molecular formula is C22H38IN5O2. The van der Waals surface area contributed by atoms with E-state index < -0.39 is 0 Å². The lowest BCUT2D eigenvalue weighted by Gasteiger charge is -2.36. The van der Waals surface area contributed by atoms with Crippen molar-refractivity contribution in [2.24, 2.45) is 16.8 Å². The number of guanidine groups is 1. The molecule has 0 radical (unpaired) electrons. The van der Waals surface area contributed by atoms with Crippen LogP contribution in [0, 0.1) is 11.8 Å². The van der Waals surface area contributed by atoms with E-state index in [1.807, 2.05) is 11.9 Å². The van der Waals surface area contributed by atoms with E-state index in [9.17, 15) is 4.79 Å². The molecular weight excluding hydrogens is 493 g/mol. The molecule has 3 rings (SSSR count). The lowest BCUT2D eigenvalue weighted by molar-refractivity contribution is 0.0657. The van der Waals surface area contributed by atoms with Gasteiger partial charge in [0.05, 0.1) is 6.26 Å². The smallest absolute Gasteiger partial charge is 0.289 e. The average molecular weight is 531 g/mol. The standard InChI is InChI=1S/C22H37N5O2.HI/c1-18-15-19(2)17-25(16-18)9-5-4-8-24-22(23-3)27-12-10-26(11-13-27)21(28)20-7-6-14-29-20;/h6-7,14,18-19H,4-5,8-13,15-17H2,1-3H3,(H,23,24);1H. The topological polar surface area (TPSA) is 64.3 Å². The summed E-state index contributed by atoms with van der Waals surface area (Å²) < 4.78 is 5.23. The van der Waals surface area contributed by atoms with Gasteiger partial charge in [-0.15, -0.1) is 24.0 Å². The number of carbonyl (C=O) groups is 1. The molecule has 1 N–H and O–H groups in total. The Labute approximate surface area is 198 Å². The summed E-state index contributed by atoms with van der Waals surface area (Å²) in [5.74, 6) is 2.98. The van der Waals surface area contributed by atoms with Gasteiger partial charge in [0.15, 0.2) is 11.7 Å². The molecule has 7 nitrogen and oxygen atoms in total. The fourth-order valence-corrected chi connectivity index (χ4v) is 4.64. The Morgan fingerprint density at radius 1 is 1.13 bits per heavy atom. The number of hydrogen-bond donors (Lipinski definition) is 1. The van der Waals surface area contributed by atoms with Gasteiger partial charge in [0, 0.05) is 52.9 Å². The maximum Gasteiger partial charge on any atom is 0.289 e. The molecule has 8 heteroatoms. The summed E-state index contributed by atoms with van der Waals surface area (Å²) in [4.78, 5) is 23.5. The average Bonchev–Trinajstić information content (AvgIpc) is 3.24. The van der Waals surface area contributed by atoms with Gasteiger partial charge in [-0.3, -0.25) is 9.79 Å². The second-order valence-corrected chi connectivity index (χ2v) is 8.64. The molecule has 2 atom stereocenters. The number of nitrogens with zero attached hydrogens (tertiary/aromatic N) is 4. The van der Waals surface area contributed by atoms with Gasteiger partial charge < -0.3 is 24.4 Å². The van der Waals surface area contributed by atoms with Gasteiger partial charge in [-0.05, 0) is 49.8 Å². The number of rotatable bonds is 6. The zero-order valence-electron chi connectivity index (χ0n) is 18.7. The highest BCUT2D eigenvalue weighted by atomic mass is 127. The van der Waals surface area contributed by atoms with Crippen LogP contribution in [0.25, 0.3) is 0 Å². The minimum absolute atomic E-state index is 0. The molecule has 1 amide bonds. The first-order chi connectivity index (χ1) is 14.1. The first-order valence-electron chi connectivity index (χ1n) is 11.1. The van der Waals surface area contributed by atoms with Gasteiger partial charge >= 0.3 is 0 Å². The van der Waals surface area contributed by atoms with Crippen LogP contribution in [0.1, 0.15) is 43.7 Å². The van der Waals surface area contributed by atoms with E-state index in [1.165, 1.54) is 32.5 Å².